The number of rotatable bonds is 1. The Labute approximate surface area is 83.9 Å². The van der Waals surface area contributed by atoms with E-state index in [1.54, 1.807) is 6.33 Å². The maximum absolute atomic E-state index is 5.39. The molecule has 76 valence electrons. The second-order valence-corrected chi connectivity index (χ2v) is 3.47. The summed E-state index contributed by atoms with van der Waals surface area (Å²) in [5.41, 5.74) is 1.01. The van der Waals surface area contributed by atoms with Gasteiger partial charge in [0.25, 0.3) is 0 Å². The van der Waals surface area contributed by atoms with E-state index in [2.05, 4.69) is 14.9 Å². The summed E-state index contributed by atoms with van der Waals surface area (Å²) >= 11 is 0. The van der Waals surface area contributed by atoms with Gasteiger partial charge in [-0.15, -0.1) is 0 Å². The third-order valence-electron chi connectivity index (χ3n) is 2.34. The lowest BCUT2D eigenvalue weighted by molar-refractivity contribution is 0.152. The summed E-state index contributed by atoms with van der Waals surface area (Å²) in [6.45, 7) is 5.59. The number of aromatic nitrogens is 2. The molecule has 1 aliphatic rings. The standard InChI is InChI=1S/C10H15N3O/c1-9-7-10(12-8-11-9)13-3-2-5-14-6-4-13/h7-8H,2-6H2,1H3. The van der Waals surface area contributed by atoms with Gasteiger partial charge in [0.15, 0.2) is 0 Å². The van der Waals surface area contributed by atoms with E-state index in [1.165, 1.54) is 0 Å². The van der Waals surface area contributed by atoms with Crippen LogP contribution in [0.1, 0.15) is 12.1 Å². The van der Waals surface area contributed by atoms with Gasteiger partial charge in [0, 0.05) is 31.5 Å². The Kier molecular flexibility index (Phi) is 2.93. The summed E-state index contributed by atoms with van der Waals surface area (Å²) in [5, 5.41) is 0. The Hall–Kier alpha value is -1.16. The van der Waals surface area contributed by atoms with Crippen LogP contribution in [0.4, 0.5) is 5.82 Å². The van der Waals surface area contributed by atoms with Crippen LogP contribution >= 0.6 is 0 Å². The zero-order valence-electron chi connectivity index (χ0n) is 8.44. The minimum absolute atomic E-state index is 0.795. The number of aryl methyl sites for hydroxylation is 1. The fourth-order valence-corrected chi connectivity index (χ4v) is 1.59. The molecule has 0 bridgehead atoms. The maximum Gasteiger partial charge on any atom is 0.132 e. The lowest BCUT2D eigenvalue weighted by Crippen LogP contribution is -2.26. The molecule has 2 rings (SSSR count). The van der Waals surface area contributed by atoms with Crippen molar-refractivity contribution >= 4 is 5.82 Å². The third kappa shape index (κ3) is 2.20. The molecule has 1 aliphatic heterocycles. The van der Waals surface area contributed by atoms with E-state index in [1.807, 2.05) is 13.0 Å². The zero-order valence-corrected chi connectivity index (χ0v) is 8.44. The summed E-state index contributed by atoms with van der Waals surface area (Å²) in [7, 11) is 0. The number of hydrogen-bond acceptors (Lipinski definition) is 4. The summed E-state index contributed by atoms with van der Waals surface area (Å²) in [4.78, 5) is 10.6. The summed E-state index contributed by atoms with van der Waals surface area (Å²) in [6, 6.07) is 2.02. The molecule has 0 unspecified atom stereocenters. The van der Waals surface area contributed by atoms with Crippen LogP contribution in [0.2, 0.25) is 0 Å². The average molecular weight is 193 g/mol. The van der Waals surface area contributed by atoms with Gasteiger partial charge in [-0.3, -0.25) is 0 Å². The van der Waals surface area contributed by atoms with Crippen molar-refractivity contribution < 1.29 is 4.74 Å². The van der Waals surface area contributed by atoms with Crippen molar-refractivity contribution in [1.29, 1.82) is 0 Å². The van der Waals surface area contributed by atoms with E-state index in [0.717, 1.165) is 44.2 Å². The quantitative estimate of drug-likeness (QED) is 0.667. The van der Waals surface area contributed by atoms with E-state index in [9.17, 15) is 0 Å². The zero-order chi connectivity index (χ0) is 9.80. The number of nitrogens with zero attached hydrogens (tertiary/aromatic N) is 3. The minimum Gasteiger partial charge on any atom is -0.380 e. The Morgan fingerprint density at radius 1 is 1.29 bits per heavy atom. The van der Waals surface area contributed by atoms with Crippen LogP contribution in [-0.4, -0.2) is 36.3 Å². The molecule has 14 heavy (non-hydrogen) atoms. The van der Waals surface area contributed by atoms with Crippen LogP contribution in [0.3, 0.4) is 0 Å². The molecular formula is C10H15N3O. The highest BCUT2D eigenvalue weighted by atomic mass is 16.5. The molecule has 4 heteroatoms. The topological polar surface area (TPSA) is 38.2 Å². The molecule has 0 aliphatic carbocycles. The van der Waals surface area contributed by atoms with Gasteiger partial charge in [-0.25, -0.2) is 9.97 Å². The Morgan fingerprint density at radius 3 is 3.07 bits per heavy atom. The van der Waals surface area contributed by atoms with Gasteiger partial charge in [-0.2, -0.15) is 0 Å². The van der Waals surface area contributed by atoms with E-state index in [0.29, 0.717) is 0 Å². The SMILES string of the molecule is Cc1cc(N2CCCOCC2)ncn1. The highest BCUT2D eigenvalue weighted by molar-refractivity contribution is 5.38. The van der Waals surface area contributed by atoms with E-state index < -0.39 is 0 Å². The van der Waals surface area contributed by atoms with Crippen LogP contribution < -0.4 is 4.90 Å². The van der Waals surface area contributed by atoms with Gasteiger partial charge in [0.1, 0.15) is 12.1 Å². The number of hydrogen-bond donors (Lipinski definition) is 0. The van der Waals surface area contributed by atoms with Crippen molar-refractivity contribution in [3.8, 4) is 0 Å². The van der Waals surface area contributed by atoms with Gasteiger partial charge in [-0.1, -0.05) is 0 Å². The van der Waals surface area contributed by atoms with Crippen molar-refractivity contribution in [2.24, 2.45) is 0 Å². The second-order valence-electron chi connectivity index (χ2n) is 3.47. The largest absolute Gasteiger partial charge is 0.380 e. The van der Waals surface area contributed by atoms with Crippen molar-refractivity contribution in [3.63, 3.8) is 0 Å². The van der Waals surface area contributed by atoms with Gasteiger partial charge in [0.05, 0.1) is 6.61 Å². The van der Waals surface area contributed by atoms with Gasteiger partial charge < -0.3 is 9.64 Å². The van der Waals surface area contributed by atoms with Crippen LogP contribution in [-0.2, 0) is 4.74 Å². The molecule has 0 spiro atoms. The molecule has 1 aromatic rings. The molecule has 0 amide bonds. The van der Waals surface area contributed by atoms with E-state index >= 15 is 0 Å². The molecule has 0 radical (unpaired) electrons. The van der Waals surface area contributed by atoms with Crippen molar-refractivity contribution in [1.82, 2.24) is 9.97 Å². The average Bonchev–Trinajstić information content (AvgIpc) is 2.45. The van der Waals surface area contributed by atoms with E-state index in [4.69, 9.17) is 4.74 Å². The molecule has 0 atom stereocenters. The molecular weight excluding hydrogens is 178 g/mol. The first-order chi connectivity index (χ1) is 6.86. The van der Waals surface area contributed by atoms with Crippen LogP contribution in [0.5, 0.6) is 0 Å². The van der Waals surface area contributed by atoms with Gasteiger partial charge >= 0.3 is 0 Å². The van der Waals surface area contributed by atoms with Crippen molar-refractivity contribution in [2.75, 3.05) is 31.2 Å². The van der Waals surface area contributed by atoms with Crippen molar-refractivity contribution in [3.05, 3.63) is 18.1 Å². The van der Waals surface area contributed by atoms with E-state index in [-0.39, 0.29) is 0 Å². The Balaban J connectivity index is 2.12. The molecule has 4 nitrogen and oxygen atoms in total. The first-order valence-corrected chi connectivity index (χ1v) is 4.97. The second kappa shape index (κ2) is 4.37. The monoisotopic (exact) mass is 193 g/mol. The molecule has 1 saturated heterocycles. The molecule has 1 fully saturated rings. The Morgan fingerprint density at radius 2 is 2.21 bits per heavy atom. The Bertz CT molecular complexity index is 295. The normalized spacial score (nSPS) is 17.9. The third-order valence-corrected chi connectivity index (χ3v) is 2.34. The molecule has 2 heterocycles. The predicted molar refractivity (Wildman–Crippen MR) is 54.4 cm³/mol. The maximum atomic E-state index is 5.39. The summed E-state index contributed by atoms with van der Waals surface area (Å²) < 4.78 is 5.39. The number of anilines is 1. The predicted octanol–water partition coefficient (Wildman–Crippen LogP) is 1.01. The molecule has 0 N–H and O–H groups in total. The van der Waals surface area contributed by atoms with Gasteiger partial charge in [-0.05, 0) is 13.3 Å². The van der Waals surface area contributed by atoms with Crippen LogP contribution in [0, 0.1) is 6.92 Å². The first kappa shape index (κ1) is 9.40. The molecule has 0 aromatic carbocycles. The summed E-state index contributed by atoms with van der Waals surface area (Å²) in [6.07, 6.45) is 2.69. The van der Waals surface area contributed by atoms with Gasteiger partial charge in [0.2, 0.25) is 0 Å². The lowest BCUT2D eigenvalue weighted by Gasteiger charge is -2.20. The molecule has 1 aromatic heterocycles. The fourth-order valence-electron chi connectivity index (χ4n) is 1.59. The smallest absolute Gasteiger partial charge is 0.132 e. The minimum atomic E-state index is 0.795. The highest BCUT2D eigenvalue weighted by Gasteiger charge is 2.10. The number of ether oxygens (including phenoxy) is 1. The lowest BCUT2D eigenvalue weighted by atomic mass is 10.3. The van der Waals surface area contributed by atoms with Crippen LogP contribution in [0.15, 0.2) is 12.4 Å². The van der Waals surface area contributed by atoms with Crippen molar-refractivity contribution in [2.45, 2.75) is 13.3 Å². The summed E-state index contributed by atoms with van der Waals surface area (Å²) in [5.74, 6) is 1.02. The van der Waals surface area contributed by atoms with Crippen LogP contribution in [0.25, 0.3) is 0 Å². The first-order valence-electron chi connectivity index (χ1n) is 4.97. The highest BCUT2D eigenvalue weighted by Crippen LogP contribution is 2.12. The fraction of sp³-hybridized carbons (Fsp3) is 0.600. The molecule has 0 saturated carbocycles.